The average Bonchev–Trinajstić information content (AvgIpc) is 3.38. The third-order valence-corrected chi connectivity index (χ3v) is 7.69. The van der Waals surface area contributed by atoms with Gasteiger partial charge in [-0.15, -0.1) is 0 Å². The molecule has 186 valence electrons. The SMILES string of the molecule is CC1=C(C(C)C)N(c2ccccc2)C(c2c(C)cccc2C)N1c1cc2c(cc1C)oc1ncccc12. The van der Waals surface area contributed by atoms with Gasteiger partial charge in [-0.25, -0.2) is 4.98 Å². The van der Waals surface area contributed by atoms with E-state index in [4.69, 9.17) is 4.42 Å². The smallest absolute Gasteiger partial charge is 0.227 e. The lowest BCUT2D eigenvalue weighted by atomic mass is 9.97. The maximum absolute atomic E-state index is 6.13. The van der Waals surface area contributed by atoms with E-state index in [9.17, 15) is 0 Å². The minimum absolute atomic E-state index is 0.00607. The van der Waals surface area contributed by atoms with Crippen LogP contribution in [0.25, 0.3) is 22.1 Å². The molecule has 1 aliphatic rings. The van der Waals surface area contributed by atoms with Crippen molar-refractivity contribution in [1.29, 1.82) is 0 Å². The van der Waals surface area contributed by atoms with Crippen LogP contribution in [0.3, 0.4) is 0 Å². The summed E-state index contributed by atoms with van der Waals surface area (Å²) in [6, 6.07) is 26.0. The minimum atomic E-state index is -0.00607. The van der Waals surface area contributed by atoms with Crippen molar-refractivity contribution in [2.45, 2.75) is 47.7 Å². The first kappa shape index (κ1) is 23.4. The molecule has 1 unspecified atom stereocenters. The summed E-state index contributed by atoms with van der Waals surface area (Å²) in [5.41, 5.74) is 11.7. The van der Waals surface area contributed by atoms with E-state index < -0.39 is 0 Å². The average molecular weight is 488 g/mol. The van der Waals surface area contributed by atoms with Crippen LogP contribution in [0.5, 0.6) is 0 Å². The van der Waals surface area contributed by atoms with Gasteiger partial charge >= 0.3 is 0 Å². The molecule has 0 saturated carbocycles. The number of nitrogens with zero attached hydrogens (tertiary/aromatic N) is 3. The second-order valence-electron chi connectivity index (χ2n) is 10.5. The number of furan rings is 1. The summed E-state index contributed by atoms with van der Waals surface area (Å²) in [5.74, 6) is 0.347. The molecule has 0 aliphatic carbocycles. The molecule has 0 fully saturated rings. The van der Waals surface area contributed by atoms with Crippen LogP contribution in [0.1, 0.15) is 49.2 Å². The first-order valence-electron chi connectivity index (χ1n) is 13.0. The van der Waals surface area contributed by atoms with Crippen LogP contribution in [0.4, 0.5) is 11.4 Å². The zero-order valence-corrected chi connectivity index (χ0v) is 22.4. The molecule has 0 saturated heterocycles. The third kappa shape index (κ3) is 3.62. The van der Waals surface area contributed by atoms with Gasteiger partial charge in [-0.05, 0) is 86.7 Å². The van der Waals surface area contributed by atoms with E-state index in [2.05, 4.69) is 123 Å². The molecule has 0 bridgehead atoms. The summed E-state index contributed by atoms with van der Waals surface area (Å²) in [7, 11) is 0. The summed E-state index contributed by atoms with van der Waals surface area (Å²) in [5, 5.41) is 2.15. The maximum atomic E-state index is 6.13. The fourth-order valence-corrected chi connectivity index (χ4v) is 6.10. The summed E-state index contributed by atoms with van der Waals surface area (Å²) < 4.78 is 6.13. The highest BCUT2D eigenvalue weighted by atomic mass is 16.3. The molecule has 6 rings (SSSR count). The molecule has 0 N–H and O–H groups in total. The molecule has 37 heavy (non-hydrogen) atoms. The molecule has 0 spiro atoms. The Morgan fingerprint density at radius 1 is 0.757 bits per heavy atom. The monoisotopic (exact) mass is 487 g/mol. The molecule has 5 aromatic rings. The lowest BCUT2D eigenvalue weighted by Gasteiger charge is -2.38. The molecule has 1 atom stereocenters. The van der Waals surface area contributed by atoms with E-state index >= 15 is 0 Å². The van der Waals surface area contributed by atoms with Crippen LogP contribution >= 0.6 is 0 Å². The van der Waals surface area contributed by atoms with Gasteiger partial charge in [0, 0.05) is 45.3 Å². The van der Waals surface area contributed by atoms with Crippen LogP contribution in [0.15, 0.2) is 94.8 Å². The molecule has 3 aromatic carbocycles. The number of hydrogen-bond donors (Lipinski definition) is 0. The Bertz CT molecular complexity index is 1640. The second-order valence-corrected chi connectivity index (χ2v) is 10.5. The van der Waals surface area contributed by atoms with Crippen LogP contribution in [0.2, 0.25) is 0 Å². The predicted octanol–water partition coefficient (Wildman–Crippen LogP) is 8.82. The van der Waals surface area contributed by atoms with Gasteiger partial charge in [0.15, 0.2) is 0 Å². The first-order chi connectivity index (χ1) is 17.9. The van der Waals surface area contributed by atoms with Crippen LogP contribution < -0.4 is 9.80 Å². The molecule has 4 heteroatoms. The first-order valence-corrected chi connectivity index (χ1v) is 13.0. The molecule has 0 amide bonds. The number of rotatable bonds is 4. The number of pyridine rings is 1. The quantitative estimate of drug-likeness (QED) is 0.253. The minimum Gasteiger partial charge on any atom is -0.438 e. The van der Waals surface area contributed by atoms with Crippen molar-refractivity contribution in [2.24, 2.45) is 5.92 Å². The molecule has 0 radical (unpaired) electrons. The summed E-state index contributed by atoms with van der Waals surface area (Å²) >= 11 is 0. The molecule has 2 aromatic heterocycles. The fourth-order valence-electron chi connectivity index (χ4n) is 6.10. The van der Waals surface area contributed by atoms with E-state index in [-0.39, 0.29) is 6.17 Å². The fraction of sp³-hybridized carbons (Fsp3) is 0.242. The van der Waals surface area contributed by atoms with Gasteiger partial charge < -0.3 is 14.2 Å². The van der Waals surface area contributed by atoms with E-state index in [1.165, 1.54) is 45.0 Å². The Labute approximate surface area is 218 Å². The standard InChI is InChI=1S/C33H33N3O/c1-20(2)31-24(6)35(28-19-27-26-16-11-17-34-32(26)37-29(27)18-23(28)5)33(30-21(3)12-10-13-22(30)4)36(31)25-14-8-7-9-15-25/h7-20,33H,1-6H3. The Balaban J connectivity index is 1.67. The highest BCUT2D eigenvalue weighted by Gasteiger charge is 2.41. The number of hydrogen-bond acceptors (Lipinski definition) is 4. The summed E-state index contributed by atoms with van der Waals surface area (Å²) in [4.78, 5) is 9.56. The van der Waals surface area contributed by atoms with Gasteiger partial charge in [-0.3, -0.25) is 0 Å². The maximum Gasteiger partial charge on any atom is 0.227 e. The largest absolute Gasteiger partial charge is 0.438 e. The molecule has 4 nitrogen and oxygen atoms in total. The highest BCUT2D eigenvalue weighted by molar-refractivity contribution is 6.05. The summed E-state index contributed by atoms with van der Waals surface area (Å²) in [6.45, 7) is 13.5. The lowest BCUT2D eigenvalue weighted by Crippen LogP contribution is -2.35. The lowest BCUT2D eigenvalue weighted by molar-refractivity contribution is 0.652. The summed E-state index contributed by atoms with van der Waals surface area (Å²) in [6.07, 6.45) is 1.78. The molecular formula is C33H33N3O. The zero-order chi connectivity index (χ0) is 25.8. The normalized spacial score (nSPS) is 16.1. The van der Waals surface area contributed by atoms with Crippen molar-refractivity contribution in [3.8, 4) is 0 Å². The Hall–Kier alpha value is -4.05. The van der Waals surface area contributed by atoms with Gasteiger partial charge in [0.2, 0.25) is 5.71 Å². The zero-order valence-electron chi connectivity index (χ0n) is 22.4. The predicted molar refractivity (Wildman–Crippen MR) is 154 cm³/mol. The van der Waals surface area contributed by atoms with Crippen molar-refractivity contribution in [1.82, 2.24) is 4.98 Å². The van der Waals surface area contributed by atoms with Gasteiger partial charge in [0.05, 0.1) is 0 Å². The van der Waals surface area contributed by atoms with E-state index in [0.717, 1.165) is 16.4 Å². The number of anilines is 2. The third-order valence-electron chi connectivity index (χ3n) is 7.69. The Morgan fingerprint density at radius 2 is 1.49 bits per heavy atom. The van der Waals surface area contributed by atoms with Crippen molar-refractivity contribution in [3.05, 3.63) is 113 Å². The molecule has 3 heterocycles. The molecule has 1 aliphatic heterocycles. The number of benzene rings is 3. The Morgan fingerprint density at radius 3 is 2.19 bits per heavy atom. The van der Waals surface area contributed by atoms with Gasteiger partial charge in [0.25, 0.3) is 0 Å². The second kappa shape index (κ2) is 8.81. The highest BCUT2D eigenvalue weighted by Crippen LogP contribution is 2.50. The van der Waals surface area contributed by atoms with Crippen LogP contribution in [-0.2, 0) is 0 Å². The molecular weight excluding hydrogens is 454 g/mol. The van der Waals surface area contributed by atoms with Crippen LogP contribution in [0, 0.1) is 26.7 Å². The van der Waals surface area contributed by atoms with Gasteiger partial charge in [-0.1, -0.05) is 50.2 Å². The van der Waals surface area contributed by atoms with E-state index in [0.29, 0.717) is 11.6 Å². The van der Waals surface area contributed by atoms with Gasteiger partial charge in [-0.2, -0.15) is 0 Å². The van der Waals surface area contributed by atoms with Crippen molar-refractivity contribution < 1.29 is 4.42 Å². The number of aryl methyl sites for hydroxylation is 3. The Kier molecular flexibility index (Phi) is 5.56. The topological polar surface area (TPSA) is 32.5 Å². The number of fused-ring (bicyclic) bond motifs is 3. The van der Waals surface area contributed by atoms with E-state index in [1.54, 1.807) is 6.20 Å². The number of allylic oxidation sites excluding steroid dienone is 2. The van der Waals surface area contributed by atoms with Crippen molar-refractivity contribution in [2.75, 3.05) is 9.80 Å². The van der Waals surface area contributed by atoms with Gasteiger partial charge in [0.1, 0.15) is 11.7 Å². The van der Waals surface area contributed by atoms with E-state index in [1.807, 2.05) is 6.07 Å². The number of para-hydroxylation sites is 1. The van der Waals surface area contributed by atoms with Crippen molar-refractivity contribution in [3.63, 3.8) is 0 Å². The van der Waals surface area contributed by atoms with Crippen LogP contribution in [-0.4, -0.2) is 4.98 Å². The van der Waals surface area contributed by atoms with Crippen molar-refractivity contribution >= 4 is 33.4 Å². The number of aromatic nitrogens is 1.